The molecule has 0 spiro atoms. The molecular formula is C13H20N2O3. The highest BCUT2D eigenvalue weighted by atomic mass is 16.5. The molecule has 5 heteroatoms. The standard InChI is InChI=1S/C13H20N2O3/c1-8-4-9(2)12(18-3)10(5-8)6-15-7-11(14)13(16)17/h4-5,11,15H,6-7,14H2,1-3H3,(H,16,17). The average Bonchev–Trinajstić information content (AvgIpc) is 2.28. The number of carbonyl (C=O) groups is 1. The molecule has 1 unspecified atom stereocenters. The molecule has 18 heavy (non-hydrogen) atoms. The first-order valence-corrected chi connectivity index (χ1v) is 5.79. The fraction of sp³-hybridized carbons (Fsp3) is 0.462. The van der Waals surface area contributed by atoms with Crippen LogP contribution in [0.4, 0.5) is 0 Å². The van der Waals surface area contributed by atoms with E-state index in [0.717, 1.165) is 22.4 Å². The van der Waals surface area contributed by atoms with Gasteiger partial charge in [-0.1, -0.05) is 17.7 Å². The Labute approximate surface area is 107 Å². The Kier molecular flexibility index (Phi) is 5.12. The quantitative estimate of drug-likeness (QED) is 0.698. The second-order valence-electron chi connectivity index (χ2n) is 4.35. The minimum absolute atomic E-state index is 0.228. The van der Waals surface area contributed by atoms with Crippen molar-refractivity contribution >= 4 is 5.97 Å². The van der Waals surface area contributed by atoms with Crippen molar-refractivity contribution in [1.29, 1.82) is 0 Å². The van der Waals surface area contributed by atoms with E-state index in [1.165, 1.54) is 0 Å². The second-order valence-corrected chi connectivity index (χ2v) is 4.35. The number of carboxylic acid groups (broad SMARTS) is 1. The Hall–Kier alpha value is -1.59. The van der Waals surface area contributed by atoms with Gasteiger partial charge in [0.15, 0.2) is 0 Å². The van der Waals surface area contributed by atoms with Gasteiger partial charge in [0, 0.05) is 18.7 Å². The summed E-state index contributed by atoms with van der Waals surface area (Å²) in [4.78, 5) is 10.6. The number of aryl methyl sites for hydroxylation is 2. The average molecular weight is 252 g/mol. The minimum Gasteiger partial charge on any atom is -0.496 e. The van der Waals surface area contributed by atoms with E-state index in [4.69, 9.17) is 15.6 Å². The molecule has 0 aromatic heterocycles. The number of nitrogens with one attached hydrogen (secondary N) is 1. The van der Waals surface area contributed by atoms with Gasteiger partial charge in [0.1, 0.15) is 11.8 Å². The van der Waals surface area contributed by atoms with Crippen molar-refractivity contribution in [3.05, 3.63) is 28.8 Å². The monoisotopic (exact) mass is 252 g/mol. The molecule has 1 aromatic carbocycles. The number of methoxy groups -OCH3 is 1. The predicted octanol–water partition coefficient (Wildman–Crippen LogP) is 0.814. The van der Waals surface area contributed by atoms with Gasteiger partial charge in [-0.3, -0.25) is 4.79 Å². The number of rotatable bonds is 6. The van der Waals surface area contributed by atoms with Crippen molar-refractivity contribution in [2.24, 2.45) is 5.73 Å². The van der Waals surface area contributed by atoms with E-state index < -0.39 is 12.0 Å². The fourth-order valence-corrected chi connectivity index (χ4v) is 1.92. The maximum atomic E-state index is 10.6. The lowest BCUT2D eigenvalue weighted by molar-refractivity contribution is -0.138. The van der Waals surface area contributed by atoms with Crippen molar-refractivity contribution < 1.29 is 14.6 Å². The number of ether oxygens (including phenoxy) is 1. The van der Waals surface area contributed by atoms with Crippen LogP contribution in [0.3, 0.4) is 0 Å². The van der Waals surface area contributed by atoms with Gasteiger partial charge in [0.25, 0.3) is 0 Å². The molecule has 100 valence electrons. The summed E-state index contributed by atoms with van der Waals surface area (Å²) in [5, 5.41) is 11.7. The topological polar surface area (TPSA) is 84.6 Å². The van der Waals surface area contributed by atoms with Crippen LogP contribution in [-0.2, 0) is 11.3 Å². The molecule has 1 aromatic rings. The molecule has 0 fully saturated rings. The highest BCUT2D eigenvalue weighted by molar-refractivity contribution is 5.73. The van der Waals surface area contributed by atoms with E-state index in [1.54, 1.807) is 7.11 Å². The summed E-state index contributed by atoms with van der Waals surface area (Å²) >= 11 is 0. The first-order valence-electron chi connectivity index (χ1n) is 5.79. The van der Waals surface area contributed by atoms with Gasteiger partial charge in [-0.25, -0.2) is 0 Å². The van der Waals surface area contributed by atoms with E-state index in [2.05, 4.69) is 5.32 Å². The van der Waals surface area contributed by atoms with Crippen molar-refractivity contribution in [2.75, 3.05) is 13.7 Å². The van der Waals surface area contributed by atoms with Crippen LogP contribution >= 0.6 is 0 Å². The normalized spacial score (nSPS) is 12.2. The fourth-order valence-electron chi connectivity index (χ4n) is 1.92. The van der Waals surface area contributed by atoms with Crippen LogP contribution in [0.1, 0.15) is 16.7 Å². The molecule has 4 N–H and O–H groups in total. The summed E-state index contributed by atoms with van der Waals surface area (Å²) in [6, 6.07) is 3.18. The zero-order valence-corrected chi connectivity index (χ0v) is 11.0. The molecule has 0 aliphatic rings. The van der Waals surface area contributed by atoms with Gasteiger partial charge < -0.3 is 20.9 Å². The van der Waals surface area contributed by atoms with Crippen LogP contribution in [0.2, 0.25) is 0 Å². The van der Waals surface area contributed by atoms with Crippen LogP contribution in [0.15, 0.2) is 12.1 Å². The lowest BCUT2D eigenvalue weighted by Crippen LogP contribution is -2.40. The molecule has 0 aliphatic heterocycles. The summed E-state index contributed by atoms with van der Waals surface area (Å²) < 4.78 is 5.35. The van der Waals surface area contributed by atoms with Crippen molar-refractivity contribution in [1.82, 2.24) is 5.32 Å². The molecule has 0 radical (unpaired) electrons. The first kappa shape index (κ1) is 14.5. The number of nitrogens with two attached hydrogens (primary N) is 1. The van der Waals surface area contributed by atoms with Gasteiger partial charge in [0.05, 0.1) is 7.11 Å². The minimum atomic E-state index is -1.00. The predicted molar refractivity (Wildman–Crippen MR) is 69.8 cm³/mol. The number of benzene rings is 1. The van der Waals surface area contributed by atoms with Crippen molar-refractivity contribution in [3.63, 3.8) is 0 Å². The van der Waals surface area contributed by atoms with E-state index in [0.29, 0.717) is 6.54 Å². The number of hydrogen-bond donors (Lipinski definition) is 3. The lowest BCUT2D eigenvalue weighted by Gasteiger charge is -2.14. The maximum Gasteiger partial charge on any atom is 0.321 e. The Morgan fingerprint density at radius 1 is 1.50 bits per heavy atom. The number of hydrogen-bond acceptors (Lipinski definition) is 4. The maximum absolute atomic E-state index is 10.6. The largest absolute Gasteiger partial charge is 0.496 e. The molecule has 1 rings (SSSR count). The molecule has 1 atom stereocenters. The molecule has 5 nitrogen and oxygen atoms in total. The van der Waals surface area contributed by atoms with Crippen LogP contribution in [0, 0.1) is 13.8 Å². The number of aliphatic carboxylic acids is 1. The Bertz CT molecular complexity index is 432. The van der Waals surface area contributed by atoms with Gasteiger partial charge in [-0.05, 0) is 19.4 Å². The summed E-state index contributed by atoms with van der Waals surface area (Å²) in [6.07, 6.45) is 0. The second kappa shape index (κ2) is 6.37. The lowest BCUT2D eigenvalue weighted by atomic mass is 10.1. The van der Waals surface area contributed by atoms with Gasteiger partial charge in [-0.2, -0.15) is 0 Å². The Morgan fingerprint density at radius 2 is 2.17 bits per heavy atom. The summed E-state index contributed by atoms with van der Waals surface area (Å²) in [5.74, 6) is -0.174. The number of carboxylic acids is 1. The zero-order chi connectivity index (χ0) is 13.7. The molecule has 0 amide bonds. The van der Waals surface area contributed by atoms with E-state index >= 15 is 0 Å². The zero-order valence-electron chi connectivity index (χ0n) is 11.0. The third-order valence-corrected chi connectivity index (χ3v) is 2.70. The molecule has 0 saturated carbocycles. The summed E-state index contributed by atoms with van der Waals surface area (Å²) in [5.41, 5.74) is 8.64. The molecular weight excluding hydrogens is 232 g/mol. The highest BCUT2D eigenvalue weighted by Crippen LogP contribution is 2.24. The van der Waals surface area contributed by atoms with E-state index in [-0.39, 0.29) is 6.54 Å². The van der Waals surface area contributed by atoms with Crippen LogP contribution in [0.5, 0.6) is 5.75 Å². The van der Waals surface area contributed by atoms with Gasteiger partial charge >= 0.3 is 5.97 Å². The van der Waals surface area contributed by atoms with Gasteiger partial charge in [-0.15, -0.1) is 0 Å². The molecule has 0 aliphatic carbocycles. The summed E-state index contributed by atoms with van der Waals surface area (Å²) in [7, 11) is 1.63. The van der Waals surface area contributed by atoms with E-state index in [9.17, 15) is 4.79 Å². The Morgan fingerprint density at radius 3 is 2.72 bits per heavy atom. The van der Waals surface area contributed by atoms with E-state index in [1.807, 2.05) is 26.0 Å². The van der Waals surface area contributed by atoms with Crippen molar-refractivity contribution in [2.45, 2.75) is 26.4 Å². The Balaban J connectivity index is 2.69. The van der Waals surface area contributed by atoms with Crippen LogP contribution in [-0.4, -0.2) is 30.8 Å². The molecule has 0 saturated heterocycles. The SMILES string of the molecule is COc1c(C)cc(C)cc1CNCC(N)C(=O)O. The third kappa shape index (κ3) is 3.72. The van der Waals surface area contributed by atoms with Crippen molar-refractivity contribution in [3.8, 4) is 5.75 Å². The molecule has 0 heterocycles. The van der Waals surface area contributed by atoms with Crippen LogP contribution in [0.25, 0.3) is 0 Å². The first-order chi connectivity index (χ1) is 8.45. The third-order valence-electron chi connectivity index (χ3n) is 2.70. The smallest absolute Gasteiger partial charge is 0.321 e. The molecule has 0 bridgehead atoms. The summed E-state index contributed by atoms with van der Waals surface area (Å²) in [6.45, 7) is 4.76. The highest BCUT2D eigenvalue weighted by Gasteiger charge is 2.12. The van der Waals surface area contributed by atoms with Crippen LogP contribution < -0.4 is 15.8 Å². The van der Waals surface area contributed by atoms with Gasteiger partial charge in [0.2, 0.25) is 0 Å².